The fraction of sp³-hybridized carbons (Fsp3) is 0.600. The van der Waals surface area contributed by atoms with Gasteiger partial charge in [0.15, 0.2) is 0 Å². The summed E-state index contributed by atoms with van der Waals surface area (Å²) in [5.41, 5.74) is 1.35. The topological polar surface area (TPSA) is 9.23 Å². The molecule has 60 valence electrons. The van der Waals surface area contributed by atoms with Crippen molar-refractivity contribution < 1.29 is 4.74 Å². The second-order valence-electron chi connectivity index (χ2n) is 2.96. The lowest BCUT2D eigenvalue weighted by Gasteiger charge is -2.22. The minimum absolute atomic E-state index is 0.386. The Morgan fingerprint density at radius 3 is 2.73 bits per heavy atom. The van der Waals surface area contributed by atoms with Gasteiger partial charge in [-0.15, -0.1) is 6.42 Å². The summed E-state index contributed by atoms with van der Waals surface area (Å²) in [4.78, 5) is 0. The zero-order valence-corrected chi connectivity index (χ0v) is 6.81. The fourth-order valence-corrected chi connectivity index (χ4v) is 1.33. The van der Waals surface area contributed by atoms with Crippen molar-refractivity contribution in [2.75, 3.05) is 6.61 Å². The smallest absolute Gasteiger partial charge is 0.107 e. The van der Waals surface area contributed by atoms with Gasteiger partial charge in [-0.1, -0.05) is 18.1 Å². The maximum Gasteiger partial charge on any atom is 0.107 e. The van der Waals surface area contributed by atoms with Crippen LogP contribution in [0.25, 0.3) is 0 Å². The van der Waals surface area contributed by atoms with E-state index < -0.39 is 0 Å². The molecular weight excluding hydrogens is 136 g/mol. The summed E-state index contributed by atoms with van der Waals surface area (Å²) >= 11 is 0. The Bertz CT molecular complexity index is 166. The molecule has 0 aromatic heterocycles. The quantitative estimate of drug-likeness (QED) is 0.433. The molecule has 0 amide bonds. The number of ether oxygens (including phenoxy) is 1. The molecule has 0 bridgehead atoms. The van der Waals surface area contributed by atoms with Crippen LogP contribution in [0.15, 0.2) is 12.2 Å². The van der Waals surface area contributed by atoms with Gasteiger partial charge in [0, 0.05) is 0 Å². The minimum Gasteiger partial charge on any atom is -0.366 e. The number of terminal acetylenes is 1. The third kappa shape index (κ3) is 2.78. The second kappa shape index (κ2) is 4.20. The van der Waals surface area contributed by atoms with E-state index in [4.69, 9.17) is 11.2 Å². The molecule has 0 spiro atoms. The third-order valence-electron chi connectivity index (χ3n) is 2.04. The Hall–Kier alpha value is -0.740. The lowest BCUT2D eigenvalue weighted by Crippen LogP contribution is -2.17. The molecule has 1 heteroatoms. The highest BCUT2D eigenvalue weighted by atomic mass is 16.5. The van der Waals surface area contributed by atoms with Crippen molar-refractivity contribution in [1.82, 2.24) is 0 Å². The van der Waals surface area contributed by atoms with Crippen LogP contribution < -0.4 is 0 Å². The monoisotopic (exact) mass is 150 g/mol. The Balaban J connectivity index is 2.18. The zero-order chi connectivity index (χ0) is 8.10. The van der Waals surface area contributed by atoms with Crippen molar-refractivity contribution in [1.29, 1.82) is 0 Å². The summed E-state index contributed by atoms with van der Waals surface area (Å²) in [7, 11) is 0. The lowest BCUT2D eigenvalue weighted by molar-refractivity contribution is 0.0580. The summed E-state index contributed by atoms with van der Waals surface area (Å²) in [5.74, 6) is 2.48. The summed E-state index contributed by atoms with van der Waals surface area (Å²) in [5, 5.41) is 0. The molecule has 1 aliphatic carbocycles. The van der Waals surface area contributed by atoms with Crippen molar-refractivity contribution in [2.45, 2.75) is 31.8 Å². The van der Waals surface area contributed by atoms with Crippen LogP contribution in [0.4, 0.5) is 0 Å². The van der Waals surface area contributed by atoms with Gasteiger partial charge in [0.05, 0.1) is 6.10 Å². The zero-order valence-electron chi connectivity index (χ0n) is 6.81. The maximum absolute atomic E-state index is 5.40. The van der Waals surface area contributed by atoms with Gasteiger partial charge in [0.25, 0.3) is 0 Å². The Morgan fingerprint density at radius 1 is 1.55 bits per heavy atom. The Labute approximate surface area is 68.4 Å². The highest BCUT2D eigenvalue weighted by Crippen LogP contribution is 2.23. The molecule has 1 saturated carbocycles. The number of allylic oxidation sites excluding steroid dienone is 1. The first-order chi connectivity index (χ1) is 5.33. The van der Waals surface area contributed by atoms with Crippen LogP contribution in [-0.4, -0.2) is 12.7 Å². The highest BCUT2D eigenvalue weighted by Gasteiger charge is 2.14. The molecule has 1 rings (SSSR count). The largest absolute Gasteiger partial charge is 0.366 e. The van der Waals surface area contributed by atoms with Crippen LogP contribution >= 0.6 is 0 Å². The average molecular weight is 150 g/mol. The van der Waals surface area contributed by atoms with Gasteiger partial charge in [0.2, 0.25) is 0 Å². The summed E-state index contributed by atoms with van der Waals surface area (Å²) < 4.78 is 5.40. The van der Waals surface area contributed by atoms with Crippen LogP contribution in [0.5, 0.6) is 0 Å². The van der Waals surface area contributed by atoms with Crippen molar-refractivity contribution in [2.24, 2.45) is 0 Å². The first kappa shape index (κ1) is 8.36. The average Bonchev–Trinajstić information content (AvgIpc) is 2.04. The van der Waals surface area contributed by atoms with Gasteiger partial charge in [-0.3, -0.25) is 0 Å². The van der Waals surface area contributed by atoms with E-state index in [0.717, 1.165) is 25.7 Å². The first-order valence-electron chi connectivity index (χ1n) is 4.04. The molecule has 11 heavy (non-hydrogen) atoms. The molecule has 0 aromatic rings. The molecule has 0 saturated heterocycles. The standard InChI is InChI=1S/C10H14O/c1-3-8-11-10-6-4-9(2)5-7-10/h1,10H,2,4-8H2. The highest BCUT2D eigenvalue weighted by molar-refractivity contribution is 4.99. The van der Waals surface area contributed by atoms with Crippen LogP contribution in [-0.2, 0) is 4.74 Å². The minimum atomic E-state index is 0.386. The van der Waals surface area contributed by atoms with Crippen LogP contribution in [0.2, 0.25) is 0 Å². The molecule has 1 aliphatic rings. The number of hydrogen-bond donors (Lipinski definition) is 0. The van der Waals surface area contributed by atoms with Gasteiger partial charge >= 0.3 is 0 Å². The molecule has 1 fully saturated rings. The number of hydrogen-bond acceptors (Lipinski definition) is 1. The fourth-order valence-electron chi connectivity index (χ4n) is 1.33. The molecule has 0 radical (unpaired) electrons. The lowest BCUT2D eigenvalue weighted by atomic mass is 9.94. The van der Waals surface area contributed by atoms with Gasteiger partial charge in [-0.05, 0) is 25.7 Å². The Morgan fingerprint density at radius 2 is 2.18 bits per heavy atom. The predicted molar refractivity (Wildman–Crippen MR) is 46.2 cm³/mol. The van der Waals surface area contributed by atoms with E-state index in [2.05, 4.69) is 12.5 Å². The predicted octanol–water partition coefficient (Wildman–Crippen LogP) is 2.13. The summed E-state index contributed by atoms with van der Waals surface area (Å²) in [6, 6.07) is 0. The van der Waals surface area contributed by atoms with E-state index in [1.54, 1.807) is 0 Å². The summed E-state index contributed by atoms with van der Waals surface area (Å²) in [6.45, 7) is 4.39. The first-order valence-corrected chi connectivity index (χ1v) is 4.04. The van der Waals surface area contributed by atoms with Gasteiger partial charge in [-0.2, -0.15) is 0 Å². The molecule has 0 atom stereocenters. The van der Waals surface area contributed by atoms with Crippen LogP contribution in [0.3, 0.4) is 0 Å². The molecule has 0 aliphatic heterocycles. The van der Waals surface area contributed by atoms with E-state index in [1.807, 2.05) is 0 Å². The number of rotatable bonds is 2. The van der Waals surface area contributed by atoms with Gasteiger partial charge in [-0.25, -0.2) is 0 Å². The molecule has 0 unspecified atom stereocenters. The molecular formula is C10H14O. The SMILES string of the molecule is C#CCOC1CCC(=C)CC1. The van der Waals surface area contributed by atoms with Gasteiger partial charge < -0.3 is 4.74 Å². The molecule has 0 N–H and O–H groups in total. The van der Waals surface area contributed by atoms with Crippen molar-refractivity contribution in [3.63, 3.8) is 0 Å². The van der Waals surface area contributed by atoms with Crippen molar-refractivity contribution >= 4 is 0 Å². The molecule has 1 nitrogen and oxygen atoms in total. The van der Waals surface area contributed by atoms with Crippen LogP contribution in [0.1, 0.15) is 25.7 Å². The maximum atomic E-state index is 5.40. The third-order valence-corrected chi connectivity index (χ3v) is 2.04. The second-order valence-corrected chi connectivity index (χ2v) is 2.96. The summed E-state index contributed by atoms with van der Waals surface area (Å²) in [6.07, 6.45) is 9.87. The van der Waals surface area contributed by atoms with E-state index in [1.165, 1.54) is 5.57 Å². The molecule has 0 aromatic carbocycles. The van der Waals surface area contributed by atoms with Crippen LogP contribution in [0, 0.1) is 12.3 Å². The normalized spacial score (nSPS) is 19.7. The van der Waals surface area contributed by atoms with Crippen molar-refractivity contribution in [3.05, 3.63) is 12.2 Å². The molecule has 0 heterocycles. The van der Waals surface area contributed by atoms with E-state index in [-0.39, 0.29) is 0 Å². The van der Waals surface area contributed by atoms with Crippen molar-refractivity contribution in [3.8, 4) is 12.3 Å². The van der Waals surface area contributed by atoms with E-state index in [0.29, 0.717) is 12.7 Å². The Kier molecular flexibility index (Phi) is 3.19. The van der Waals surface area contributed by atoms with Gasteiger partial charge in [0.1, 0.15) is 6.61 Å². The van der Waals surface area contributed by atoms with E-state index >= 15 is 0 Å². The van der Waals surface area contributed by atoms with E-state index in [9.17, 15) is 0 Å².